The van der Waals surface area contributed by atoms with Crippen molar-refractivity contribution in [2.45, 2.75) is 19.1 Å². The third-order valence-corrected chi connectivity index (χ3v) is 5.02. The van der Waals surface area contributed by atoms with Crippen LogP contribution in [0.2, 0.25) is 0 Å². The van der Waals surface area contributed by atoms with Gasteiger partial charge in [-0.25, -0.2) is 4.98 Å². The summed E-state index contributed by atoms with van der Waals surface area (Å²) in [6.45, 7) is 2.42. The first-order valence-electron chi connectivity index (χ1n) is 8.75. The first-order valence-corrected chi connectivity index (χ1v) is 8.75. The highest BCUT2D eigenvalue weighted by molar-refractivity contribution is 5.63. The van der Waals surface area contributed by atoms with E-state index in [1.54, 1.807) is 0 Å². The molecular weight excluding hydrogens is 310 g/mol. The van der Waals surface area contributed by atoms with Crippen LogP contribution < -0.4 is 0 Å². The second-order valence-electron chi connectivity index (χ2n) is 6.74. The number of aryl methyl sites for hydroxylation is 1. The summed E-state index contributed by atoms with van der Waals surface area (Å²) in [6.07, 6.45) is 2.40. The van der Waals surface area contributed by atoms with Gasteiger partial charge in [0.25, 0.3) is 0 Å². The van der Waals surface area contributed by atoms with Crippen molar-refractivity contribution in [2.24, 2.45) is 7.05 Å². The van der Waals surface area contributed by atoms with Crippen LogP contribution in [-0.2, 0) is 20.0 Å². The third-order valence-electron chi connectivity index (χ3n) is 5.02. The second-order valence-corrected chi connectivity index (χ2v) is 6.74. The lowest BCUT2D eigenvalue weighted by Gasteiger charge is -2.28. The molecule has 0 unspecified atom stereocenters. The Labute approximate surface area is 148 Å². The van der Waals surface area contributed by atoms with E-state index in [9.17, 15) is 5.11 Å². The van der Waals surface area contributed by atoms with Gasteiger partial charge in [0.05, 0.1) is 18.1 Å². The summed E-state index contributed by atoms with van der Waals surface area (Å²) in [5.41, 5.74) is 5.79. The van der Waals surface area contributed by atoms with Crippen molar-refractivity contribution in [2.75, 3.05) is 13.1 Å². The van der Waals surface area contributed by atoms with Crippen LogP contribution in [0.1, 0.15) is 23.1 Å². The highest BCUT2D eigenvalue weighted by Crippen LogP contribution is 2.24. The van der Waals surface area contributed by atoms with E-state index in [0.717, 1.165) is 30.8 Å². The molecule has 0 saturated carbocycles. The number of fused-ring (bicyclic) bond motifs is 1. The van der Waals surface area contributed by atoms with Gasteiger partial charge in [-0.15, -0.1) is 0 Å². The van der Waals surface area contributed by atoms with Crippen LogP contribution in [-0.4, -0.2) is 32.6 Å². The number of benzene rings is 2. The molecule has 0 bridgehead atoms. The molecule has 4 heteroatoms. The number of imidazole rings is 1. The Kier molecular flexibility index (Phi) is 4.38. The minimum atomic E-state index is -0.477. The van der Waals surface area contributed by atoms with E-state index < -0.39 is 6.10 Å². The Hall–Kier alpha value is -2.43. The zero-order valence-electron chi connectivity index (χ0n) is 14.5. The van der Waals surface area contributed by atoms with E-state index >= 15 is 0 Å². The summed E-state index contributed by atoms with van der Waals surface area (Å²) >= 11 is 0. The number of β-amino-alcohol motifs (C(OH)–C–C–N with tert-alkyl or cyclic N) is 1. The van der Waals surface area contributed by atoms with Gasteiger partial charge in [-0.3, -0.25) is 4.90 Å². The molecule has 128 valence electrons. The highest BCUT2D eigenvalue weighted by atomic mass is 16.3. The minimum absolute atomic E-state index is 0.477. The van der Waals surface area contributed by atoms with Gasteiger partial charge in [0.1, 0.15) is 0 Å². The fraction of sp³-hybridized carbons (Fsp3) is 0.286. The molecule has 1 aromatic heterocycles. The molecule has 1 aliphatic rings. The Morgan fingerprint density at radius 2 is 1.76 bits per heavy atom. The Bertz CT molecular complexity index is 839. The van der Waals surface area contributed by atoms with Gasteiger partial charge >= 0.3 is 0 Å². The molecule has 25 heavy (non-hydrogen) atoms. The van der Waals surface area contributed by atoms with Crippen LogP contribution >= 0.6 is 0 Å². The summed E-state index contributed by atoms with van der Waals surface area (Å²) in [5.74, 6) is 0. The maximum atomic E-state index is 10.6. The van der Waals surface area contributed by atoms with E-state index in [4.69, 9.17) is 0 Å². The maximum absolute atomic E-state index is 10.6. The summed E-state index contributed by atoms with van der Waals surface area (Å²) in [4.78, 5) is 6.75. The van der Waals surface area contributed by atoms with Crippen molar-refractivity contribution in [3.05, 3.63) is 77.9 Å². The topological polar surface area (TPSA) is 41.3 Å². The molecule has 1 atom stereocenters. The molecule has 1 N–H and O–H groups in total. The van der Waals surface area contributed by atoms with Crippen LogP contribution in [0.4, 0.5) is 0 Å². The molecule has 3 aromatic rings. The van der Waals surface area contributed by atoms with Gasteiger partial charge in [0.15, 0.2) is 0 Å². The third kappa shape index (κ3) is 3.36. The Morgan fingerprint density at radius 1 is 1.04 bits per heavy atom. The van der Waals surface area contributed by atoms with Gasteiger partial charge in [0.2, 0.25) is 0 Å². The summed E-state index contributed by atoms with van der Waals surface area (Å²) in [6, 6.07) is 18.5. The lowest BCUT2D eigenvalue weighted by Crippen LogP contribution is -2.34. The predicted molar refractivity (Wildman–Crippen MR) is 99.0 cm³/mol. The lowest BCUT2D eigenvalue weighted by molar-refractivity contribution is 0.105. The van der Waals surface area contributed by atoms with Gasteiger partial charge in [-0.05, 0) is 16.7 Å². The average molecular weight is 333 g/mol. The van der Waals surface area contributed by atoms with E-state index in [0.29, 0.717) is 6.54 Å². The van der Waals surface area contributed by atoms with Crippen molar-refractivity contribution in [3.63, 3.8) is 0 Å². The number of rotatable bonds is 4. The van der Waals surface area contributed by atoms with Crippen molar-refractivity contribution < 1.29 is 5.11 Å². The SMILES string of the molecule is Cn1cnc2c1CCN(C[C@H](O)c1ccc(-c3ccccc3)cc1)C2. The van der Waals surface area contributed by atoms with Gasteiger partial charge in [-0.2, -0.15) is 0 Å². The standard InChI is InChI=1S/C21H23N3O/c1-23-15-22-19-13-24(12-11-20(19)23)14-21(25)18-9-7-17(8-10-18)16-5-3-2-4-6-16/h2-10,15,21,25H,11-14H2,1H3/t21-/m0/s1. The minimum Gasteiger partial charge on any atom is -0.387 e. The second kappa shape index (κ2) is 6.82. The molecule has 1 aliphatic heterocycles. The van der Waals surface area contributed by atoms with Crippen molar-refractivity contribution in [1.82, 2.24) is 14.5 Å². The van der Waals surface area contributed by atoms with Crippen LogP contribution in [0.3, 0.4) is 0 Å². The lowest BCUT2D eigenvalue weighted by atomic mass is 10.0. The van der Waals surface area contributed by atoms with Crippen LogP contribution in [0.15, 0.2) is 60.9 Å². The normalized spacial score (nSPS) is 15.8. The molecule has 4 nitrogen and oxygen atoms in total. The Morgan fingerprint density at radius 3 is 2.52 bits per heavy atom. The largest absolute Gasteiger partial charge is 0.387 e. The molecule has 4 rings (SSSR count). The number of aliphatic hydroxyl groups excluding tert-OH is 1. The average Bonchev–Trinajstić information content (AvgIpc) is 3.03. The monoisotopic (exact) mass is 333 g/mol. The van der Waals surface area contributed by atoms with Crippen molar-refractivity contribution in [1.29, 1.82) is 0 Å². The quantitative estimate of drug-likeness (QED) is 0.797. The first-order chi connectivity index (χ1) is 12.2. The van der Waals surface area contributed by atoms with Crippen molar-refractivity contribution >= 4 is 0 Å². The number of aromatic nitrogens is 2. The van der Waals surface area contributed by atoms with E-state index in [1.165, 1.54) is 16.8 Å². The van der Waals surface area contributed by atoms with Crippen LogP contribution in [0.5, 0.6) is 0 Å². The first kappa shape index (κ1) is 16.1. The van der Waals surface area contributed by atoms with Crippen LogP contribution in [0, 0.1) is 0 Å². The zero-order valence-corrected chi connectivity index (χ0v) is 14.5. The molecule has 0 aliphatic carbocycles. The molecular formula is C21H23N3O. The molecule has 2 heterocycles. The van der Waals surface area contributed by atoms with Gasteiger partial charge in [-0.1, -0.05) is 54.6 Å². The van der Waals surface area contributed by atoms with E-state index in [-0.39, 0.29) is 0 Å². The molecule has 0 saturated heterocycles. The summed E-state index contributed by atoms with van der Waals surface area (Å²) in [7, 11) is 2.05. The maximum Gasteiger partial charge on any atom is 0.0949 e. The summed E-state index contributed by atoms with van der Waals surface area (Å²) < 4.78 is 2.10. The van der Waals surface area contributed by atoms with Gasteiger partial charge in [0, 0.05) is 38.8 Å². The molecule has 0 spiro atoms. The number of nitrogens with zero attached hydrogens (tertiary/aromatic N) is 3. The fourth-order valence-corrected chi connectivity index (χ4v) is 3.55. The number of hydrogen-bond donors (Lipinski definition) is 1. The van der Waals surface area contributed by atoms with E-state index in [1.807, 2.05) is 43.7 Å². The number of hydrogen-bond acceptors (Lipinski definition) is 3. The highest BCUT2D eigenvalue weighted by Gasteiger charge is 2.22. The Balaban J connectivity index is 1.42. The molecule has 0 radical (unpaired) electrons. The number of aliphatic hydroxyl groups is 1. The fourth-order valence-electron chi connectivity index (χ4n) is 3.55. The molecule has 0 fully saturated rings. The molecule has 0 amide bonds. The molecule has 2 aromatic carbocycles. The smallest absolute Gasteiger partial charge is 0.0949 e. The van der Waals surface area contributed by atoms with Crippen LogP contribution in [0.25, 0.3) is 11.1 Å². The summed E-state index contributed by atoms with van der Waals surface area (Å²) in [5, 5.41) is 10.6. The predicted octanol–water partition coefficient (Wildman–Crippen LogP) is 3.18. The zero-order chi connectivity index (χ0) is 17.2. The van der Waals surface area contributed by atoms with E-state index in [2.05, 4.69) is 38.7 Å². The van der Waals surface area contributed by atoms with Gasteiger partial charge < -0.3 is 9.67 Å². The van der Waals surface area contributed by atoms with Crippen molar-refractivity contribution in [3.8, 4) is 11.1 Å².